The van der Waals surface area contributed by atoms with Crippen LogP contribution in [-0.2, 0) is 0 Å². The highest BCUT2D eigenvalue weighted by atomic mass is 19.1. The molecule has 1 aliphatic carbocycles. The second kappa shape index (κ2) is 11.6. The highest BCUT2D eigenvalue weighted by molar-refractivity contribution is 5.99. The number of benzene rings is 1. The van der Waals surface area contributed by atoms with Crippen LogP contribution in [0, 0.1) is 11.7 Å². The molecule has 0 radical (unpaired) electrons. The van der Waals surface area contributed by atoms with Crippen LogP contribution in [0.15, 0.2) is 42.9 Å². The number of likely N-dealkylation sites (tertiary alicyclic amines) is 1. The van der Waals surface area contributed by atoms with Crippen molar-refractivity contribution in [1.29, 1.82) is 0 Å². The molecule has 1 aromatic carbocycles. The van der Waals surface area contributed by atoms with Gasteiger partial charge in [-0.1, -0.05) is 19.3 Å². The summed E-state index contributed by atoms with van der Waals surface area (Å²) in [7, 11) is 0. The van der Waals surface area contributed by atoms with Crippen LogP contribution in [0.1, 0.15) is 94.5 Å². The number of nitrogens with zero attached hydrogens (tertiary/aromatic N) is 4. The van der Waals surface area contributed by atoms with E-state index in [9.17, 15) is 9.18 Å². The Morgan fingerprint density at radius 2 is 1.82 bits per heavy atom. The Morgan fingerprint density at radius 3 is 2.55 bits per heavy atom. The van der Waals surface area contributed by atoms with Gasteiger partial charge in [-0.25, -0.2) is 4.39 Å². The molecule has 38 heavy (non-hydrogen) atoms. The van der Waals surface area contributed by atoms with E-state index in [0.717, 1.165) is 24.4 Å². The molecule has 1 unspecified atom stereocenters. The number of fused-ring (bicyclic) bond motifs is 1. The van der Waals surface area contributed by atoms with Gasteiger partial charge in [0.05, 0.1) is 23.0 Å². The Balaban J connectivity index is 1.51. The minimum atomic E-state index is -0.398. The highest BCUT2D eigenvalue weighted by Gasteiger charge is 2.29. The maximum absolute atomic E-state index is 14.5. The molecular weight excluding hydrogens is 475 g/mol. The minimum absolute atomic E-state index is 0.00892. The molecule has 0 N–H and O–H groups in total. The predicted molar refractivity (Wildman–Crippen MR) is 152 cm³/mol. The zero-order valence-electron chi connectivity index (χ0n) is 23.5. The number of rotatable bonds is 7. The van der Waals surface area contributed by atoms with E-state index in [4.69, 9.17) is 0 Å². The monoisotopic (exact) mass is 518 g/mol. The second-order valence-corrected chi connectivity index (χ2v) is 12.0. The Morgan fingerprint density at radius 1 is 1.05 bits per heavy atom. The molecule has 2 aliphatic rings. The topological polar surface area (TPSA) is 41.4 Å². The van der Waals surface area contributed by atoms with Gasteiger partial charge >= 0.3 is 0 Å². The maximum atomic E-state index is 14.5. The van der Waals surface area contributed by atoms with Crippen LogP contribution in [0.25, 0.3) is 16.6 Å². The number of piperidine rings is 1. The largest absolute Gasteiger partial charge is 0.334 e. The predicted octanol–water partition coefficient (Wildman–Crippen LogP) is 7.18. The van der Waals surface area contributed by atoms with Crippen LogP contribution in [0.5, 0.6) is 0 Å². The average molecular weight is 519 g/mol. The SMILES string of the molecule is CC(C)N(C(=O)c1cc(F)ccc1-n1cc(C2CCCN(CC3CCCCC3)C2)c2ccncc21)C(C)C. The van der Waals surface area contributed by atoms with Crippen LogP contribution in [-0.4, -0.2) is 57.0 Å². The molecule has 1 amide bonds. The Labute approximate surface area is 227 Å². The summed E-state index contributed by atoms with van der Waals surface area (Å²) >= 11 is 0. The first-order valence-electron chi connectivity index (χ1n) is 14.6. The molecule has 1 saturated heterocycles. The van der Waals surface area contributed by atoms with Gasteiger partial charge in [0.1, 0.15) is 5.82 Å². The number of hydrogen-bond acceptors (Lipinski definition) is 3. The van der Waals surface area contributed by atoms with E-state index in [1.807, 2.05) is 45.0 Å². The van der Waals surface area contributed by atoms with Gasteiger partial charge in [-0.2, -0.15) is 0 Å². The van der Waals surface area contributed by atoms with Crippen molar-refractivity contribution in [2.24, 2.45) is 5.92 Å². The van der Waals surface area contributed by atoms with Crippen molar-refractivity contribution in [3.05, 3.63) is 59.8 Å². The zero-order chi connectivity index (χ0) is 26.8. The van der Waals surface area contributed by atoms with Gasteiger partial charge in [0, 0.05) is 43.0 Å². The van der Waals surface area contributed by atoms with Crippen LogP contribution in [0.2, 0.25) is 0 Å². The Bertz CT molecular complexity index is 1250. The lowest BCUT2D eigenvalue weighted by atomic mass is 9.86. The van der Waals surface area contributed by atoms with Crippen LogP contribution in [0.3, 0.4) is 0 Å². The number of carbonyl (C=O) groups excluding carboxylic acids is 1. The molecule has 1 atom stereocenters. The van der Waals surface area contributed by atoms with Crippen molar-refractivity contribution in [3.8, 4) is 5.69 Å². The van der Waals surface area contributed by atoms with E-state index in [2.05, 4.69) is 26.7 Å². The van der Waals surface area contributed by atoms with Crippen molar-refractivity contribution in [3.63, 3.8) is 0 Å². The average Bonchev–Trinajstić information content (AvgIpc) is 3.28. The standard InChI is InChI=1S/C32H43FN4O/c1-22(2)37(23(3)4)32(38)28-17-26(33)12-13-30(28)36-21-29(27-14-15-34-18-31(27)36)25-11-8-16-35(20-25)19-24-9-6-5-7-10-24/h12-15,17-18,21-25H,5-11,16,19-20H2,1-4H3. The molecule has 2 aromatic heterocycles. The lowest BCUT2D eigenvalue weighted by molar-refractivity contribution is 0.0643. The van der Waals surface area contributed by atoms with Crippen LogP contribution in [0.4, 0.5) is 4.39 Å². The number of hydrogen-bond donors (Lipinski definition) is 0. The molecular formula is C32H43FN4O. The molecule has 204 valence electrons. The fraction of sp³-hybridized carbons (Fsp3) is 0.562. The van der Waals surface area contributed by atoms with Gasteiger partial charge in [0.2, 0.25) is 0 Å². The normalized spacial score (nSPS) is 19.5. The number of pyridine rings is 1. The first-order valence-corrected chi connectivity index (χ1v) is 14.6. The first-order chi connectivity index (χ1) is 18.3. The van der Waals surface area contributed by atoms with Gasteiger partial charge < -0.3 is 14.4 Å². The number of amides is 1. The quantitative estimate of drug-likeness (QED) is 0.333. The lowest BCUT2D eigenvalue weighted by Gasteiger charge is -2.36. The summed E-state index contributed by atoms with van der Waals surface area (Å²) in [5.74, 6) is 0.727. The van der Waals surface area contributed by atoms with Crippen LogP contribution >= 0.6 is 0 Å². The number of carbonyl (C=O) groups is 1. The van der Waals surface area contributed by atoms with Crippen LogP contribution < -0.4 is 0 Å². The Hall–Kier alpha value is -2.73. The molecule has 2 fully saturated rings. The summed E-state index contributed by atoms with van der Waals surface area (Å²) in [5.41, 5.74) is 3.38. The van der Waals surface area contributed by atoms with Gasteiger partial charge in [0.15, 0.2) is 0 Å². The van der Waals surface area contributed by atoms with Gasteiger partial charge in [0.25, 0.3) is 5.91 Å². The van der Waals surface area contributed by atoms with Crippen molar-refractivity contribution >= 4 is 16.8 Å². The first kappa shape index (κ1) is 26.9. The second-order valence-electron chi connectivity index (χ2n) is 12.0. The molecule has 0 spiro atoms. The van der Waals surface area contributed by atoms with Crippen molar-refractivity contribution in [2.75, 3.05) is 19.6 Å². The van der Waals surface area contributed by atoms with E-state index in [-0.39, 0.29) is 18.0 Å². The molecule has 3 heterocycles. The molecule has 3 aromatic rings. The minimum Gasteiger partial charge on any atom is -0.334 e. The van der Waals surface area contributed by atoms with Crippen molar-refractivity contribution in [1.82, 2.24) is 19.4 Å². The van der Waals surface area contributed by atoms with E-state index < -0.39 is 5.82 Å². The fourth-order valence-corrected chi connectivity index (χ4v) is 6.93. The van der Waals surface area contributed by atoms with Gasteiger partial charge in [-0.05, 0) is 102 Å². The van der Waals surface area contributed by atoms with E-state index in [1.165, 1.54) is 74.7 Å². The van der Waals surface area contributed by atoms with E-state index >= 15 is 0 Å². The molecule has 5 rings (SSSR count). The summed E-state index contributed by atoms with van der Waals surface area (Å²) in [5, 5.41) is 1.18. The molecule has 5 nitrogen and oxygen atoms in total. The van der Waals surface area contributed by atoms with Gasteiger partial charge in [-0.15, -0.1) is 0 Å². The smallest absolute Gasteiger partial charge is 0.256 e. The third-order valence-corrected chi connectivity index (χ3v) is 8.62. The van der Waals surface area contributed by atoms with Crippen molar-refractivity contribution < 1.29 is 9.18 Å². The van der Waals surface area contributed by atoms with E-state index in [0.29, 0.717) is 17.2 Å². The summed E-state index contributed by atoms with van der Waals surface area (Å²) in [4.78, 5) is 22.7. The number of halogens is 1. The third kappa shape index (κ3) is 5.51. The number of aromatic nitrogens is 2. The summed E-state index contributed by atoms with van der Waals surface area (Å²) in [6, 6.07) is 6.71. The molecule has 0 bridgehead atoms. The lowest BCUT2D eigenvalue weighted by Crippen LogP contribution is -2.42. The van der Waals surface area contributed by atoms with Crippen molar-refractivity contribution in [2.45, 2.75) is 90.6 Å². The summed E-state index contributed by atoms with van der Waals surface area (Å²) < 4.78 is 16.6. The Kier molecular flexibility index (Phi) is 8.18. The molecule has 1 aliphatic heterocycles. The van der Waals surface area contributed by atoms with E-state index in [1.54, 1.807) is 6.07 Å². The summed E-state index contributed by atoms with van der Waals surface area (Å²) in [6.45, 7) is 11.5. The van der Waals surface area contributed by atoms with Gasteiger partial charge in [-0.3, -0.25) is 9.78 Å². The fourth-order valence-electron chi connectivity index (χ4n) is 6.93. The zero-order valence-corrected chi connectivity index (χ0v) is 23.5. The molecule has 1 saturated carbocycles. The highest BCUT2D eigenvalue weighted by Crippen LogP contribution is 2.36. The summed E-state index contributed by atoms with van der Waals surface area (Å²) in [6.07, 6.45) is 15.2. The molecule has 6 heteroatoms. The third-order valence-electron chi connectivity index (χ3n) is 8.62. The maximum Gasteiger partial charge on any atom is 0.256 e.